The van der Waals surface area contributed by atoms with E-state index in [0.29, 0.717) is 12.2 Å². The second-order valence-electron chi connectivity index (χ2n) is 9.65. The number of aryl methyl sites for hydroxylation is 3. The summed E-state index contributed by atoms with van der Waals surface area (Å²) in [6.45, 7) is 2.14. The Bertz CT molecular complexity index is 1380. The zero-order valence-electron chi connectivity index (χ0n) is 20.7. The van der Waals surface area contributed by atoms with Gasteiger partial charge in [0.25, 0.3) is 0 Å². The number of nitrogens with zero attached hydrogens (tertiary/aromatic N) is 1. The summed E-state index contributed by atoms with van der Waals surface area (Å²) in [7, 11) is 2.09. The number of carbonyl (C=O) groups is 1. The lowest BCUT2D eigenvalue weighted by Crippen LogP contribution is -2.03. The Morgan fingerprint density at radius 3 is 2.54 bits per heavy atom. The van der Waals surface area contributed by atoms with E-state index in [2.05, 4.69) is 73.3 Å². The van der Waals surface area contributed by atoms with E-state index in [-0.39, 0.29) is 11.7 Å². The van der Waals surface area contributed by atoms with E-state index < -0.39 is 0 Å². The predicted molar refractivity (Wildman–Crippen MR) is 144 cm³/mol. The SMILES string of the molecule is CCC1CC(=O)C=C(Oc2cccc(CCCCc3ccc4c(ccn4C)c3)c2)c2ccccc21. The first-order valence-electron chi connectivity index (χ1n) is 12.8. The summed E-state index contributed by atoms with van der Waals surface area (Å²) in [6.07, 6.45) is 9.65. The molecule has 35 heavy (non-hydrogen) atoms. The molecule has 3 nitrogen and oxygen atoms in total. The van der Waals surface area contributed by atoms with E-state index in [0.717, 1.165) is 43.4 Å². The van der Waals surface area contributed by atoms with E-state index in [4.69, 9.17) is 4.74 Å². The molecule has 0 N–H and O–H groups in total. The van der Waals surface area contributed by atoms with Crippen molar-refractivity contribution in [1.29, 1.82) is 0 Å². The van der Waals surface area contributed by atoms with Gasteiger partial charge in [0, 0.05) is 36.8 Å². The van der Waals surface area contributed by atoms with Crippen LogP contribution in [0.2, 0.25) is 0 Å². The van der Waals surface area contributed by atoms with Gasteiger partial charge in [-0.25, -0.2) is 0 Å². The number of ketones is 1. The third-order valence-electron chi connectivity index (χ3n) is 7.16. The van der Waals surface area contributed by atoms with Gasteiger partial charge in [-0.2, -0.15) is 0 Å². The van der Waals surface area contributed by atoms with Gasteiger partial charge in [0.1, 0.15) is 11.5 Å². The van der Waals surface area contributed by atoms with E-state index in [1.165, 1.54) is 27.6 Å². The summed E-state index contributed by atoms with van der Waals surface area (Å²) in [4.78, 5) is 12.6. The average molecular weight is 464 g/mol. The molecule has 1 atom stereocenters. The number of hydrogen-bond acceptors (Lipinski definition) is 2. The molecule has 1 aliphatic carbocycles. The summed E-state index contributed by atoms with van der Waals surface area (Å²) < 4.78 is 8.49. The molecule has 3 aromatic carbocycles. The molecule has 0 fully saturated rings. The maximum Gasteiger partial charge on any atom is 0.160 e. The van der Waals surface area contributed by atoms with Crippen LogP contribution in [0.25, 0.3) is 16.7 Å². The van der Waals surface area contributed by atoms with Crippen molar-refractivity contribution in [3.8, 4) is 5.75 Å². The third-order valence-corrected chi connectivity index (χ3v) is 7.16. The van der Waals surface area contributed by atoms with Crippen LogP contribution in [0.5, 0.6) is 5.75 Å². The molecule has 0 aliphatic heterocycles. The molecular formula is C32H33NO2. The molecule has 0 spiro atoms. The van der Waals surface area contributed by atoms with Crippen LogP contribution in [0.1, 0.15) is 60.8 Å². The number of ether oxygens (including phenoxy) is 1. The van der Waals surface area contributed by atoms with Gasteiger partial charge in [0.05, 0.1) is 0 Å². The fourth-order valence-corrected chi connectivity index (χ4v) is 5.20. The second kappa shape index (κ2) is 10.4. The summed E-state index contributed by atoms with van der Waals surface area (Å²) in [6, 6.07) is 25.5. The van der Waals surface area contributed by atoms with Crippen LogP contribution in [-0.4, -0.2) is 10.4 Å². The smallest absolute Gasteiger partial charge is 0.160 e. The molecule has 0 bridgehead atoms. The minimum Gasteiger partial charge on any atom is -0.457 e. The lowest BCUT2D eigenvalue weighted by atomic mass is 9.90. The van der Waals surface area contributed by atoms with Crippen LogP contribution in [0.4, 0.5) is 0 Å². The van der Waals surface area contributed by atoms with Crippen molar-refractivity contribution >= 4 is 22.4 Å². The third kappa shape index (κ3) is 5.24. The molecule has 1 heterocycles. The predicted octanol–water partition coefficient (Wildman–Crippen LogP) is 7.63. The average Bonchev–Trinajstić information content (AvgIpc) is 3.18. The highest BCUT2D eigenvalue weighted by Crippen LogP contribution is 2.35. The number of carbonyl (C=O) groups excluding carboxylic acids is 1. The summed E-state index contributed by atoms with van der Waals surface area (Å²) in [5, 5.41) is 1.31. The van der Waals surface area contributed by atoms with E-state index in [9.17, 15) is 4.79 Å². The van der Waals surface area contributed by atoms with Gasteiger partial charge in [-0.05, 0) is 90.4 Å². The normalized spacial score (nSPS) is 15.5. The van der Waals surface area contributed by atoms with Crippen molar-refractivity contribution in [2.24, 2.45) is 7.05 Å². The largest absolute Gasteiger partial charge is 0.457 e. The fraction of sp³-hybridized carbons (Fsp3) is 0.281. The Morgan fingerprint density at radius 1 is 0.914 bits per heavy atom. The number of benzene rings is 3. The van der Waals surface area contributed by atoms with Crippen LogP contribution in [0, 0.1) is 0 Å². The number of unbranched alkanes of at least 4 members (excludes halogenated alkanes) is 1. The van der Waals surface area contributed by atoms with Crippen LogP contribution < -0.4 is 4.74 Å². The lowest BCUT2D eigenvalue weighted by Gasteiger charge is -2.17. The molecule has 0 radical (unpaired) electrons. The zero-order valence-corrected chi connectivity index (χ0v) is 20.7. The summed E-state index contributed by atoms with van der Waals surface area (Å²) >= 11 is 0. The van der Waals surface area contributed by atoms with E-state index in [1.807, 2.05) is 24.3 Å². The first kappa shape index (κ1) is 23.2. The first-order valence-corrected chi connectivity index (χ1v) is 12.8. The van der Waals surface area contributed by atoms with Gasteiger partial charge in [0.15, 0.2) is 5.78 Å². The second-order valence-corrected chi connectivity index (χ2v) is 9.65. The number of rotatable bonds is 8. The van der Waals surface area contributed by atoms with Gasteiger partial charge < -0.3 is 9.30 Å². The van der Waals surface area contributed by atoms with E-state index in [1.54, 1.807) is 6.08 Å². The topological polar surface area (TPSA) is 31.2 Å². The molecule has 1 aromatic heterocycles. The Morgan fingerprint density at radius 2 is 1.71 bits per heavy atom. The van der Waals surface area contributed by atoms with Crippen LogP contribution in [0.3, 0.4) is 0 Å². The minimum absolute atomic E-state index is 0.132. The molecule has 1 unspecified atom stereocenters. The quantitative estimate of drug-likeness (QED) is 0.252. The maximum atomic E-state index is 12.6. The number of fused-ring (bicyclic) bond motifs is 2. The molecular weight excluding hydrogens is 430 g/mol. The molecule has 3 heteroatoms. The highest BCUT2D eigenvalue weighted by Gasteiger charge is 2.23. The maximum absolute atomic E-state index is 12.6. The van der Waals surface area contributed by atoms with Gasteiger partial charge >= 0.3 is 0 Å². The number of hydrogen-bond donors (Lipinski definition) is 0. The van der Waals surface area contributed by atoms with Crippen molar-refractivity contribution in [1.82, 2.24) is 4.57 Å². The fourth-order valence-electron chi connectivity index (χ4n) is 5.20. The standard InChI is InChI=1S/C32H33NO2/c1-3-25-21-27(34)22-32(30-14-7-6-13-29(25)30)35-28-12-8-11-23(20-28)9-4-5-10-24-15-16-31-26(19-24)17-18-33(31)2/h6-8,11-20,22,25H,3-5,9-10,21H2,1-2H3. The van der Waals surface area contributed by atoms with Crippen molar-refractivity contribution < 1.29 is 9.53 Å². The molecule has 1 aliphatic rings. The van der Waals surface area contributed by atoms with Crippen molar-refractivity contribution in [3.05, 3.63) is 107 Å². The molecule has 5 rings (SSSR count). The molecule has 0 amide bonds. The van der Waals surface area contributed by atoms with Crippen molar-refractivity contribution in [2.75, 3.05) is 0 Å². The minimum atomic E-state index is 0.132. The highest BCUT2D eigenvalue weighted by molar-refractivity contribution is 5.98. The van der Waals surface area contributed by atoms with Crippen molar-refractivity contribution in [2.45, 2.75) is 51.4 Å². The van der Waals surface area contributed by atoms with Gasteiger partial charge in [-0.3, -0.25) is 4.79 Å². The van der Waals surface area contributed by atoms with Crippen molar-refractivity contribution in [3.63, 3.8) is 0 Å². The van der Waals surface area contributed by atoms with Crippen LogP contribution in [0.15, 0.2) is 85.1 Å². The van der Waals surface area contributed by atoms with Gasteiger partial charge in [-0.15, -0.1) is 0 Å². The Balaban J connectivity index is 1.23. The Hall–Kier alpha value is -3.59. The molecule has 178 valence electrons. The Kier molecular flexibility index (Phi) is 6.85. The zero-order chi connectivity index (χ0) is 24.2. The van der Waals surface area contributed by atoms with E-state index >= 15 is 0 Å². The number of allylic oxidation sites excluding steroid dienone is 1. The Labute approximate surface area is 208 Å². The van der Waals surface area contributed by atoms with Gasteiger partial charge in [-0.1, -0.05) is 49.4 Å². The molecule has 0 saturated carbocycles. The highest BCUT2D eigenvalue weighted by atomic mass is 16.5. The summed E-state index contributed by atoms with van der Waals surface area (Å²) in [5.74, 6) is 1.83. The lowest BCUT2D eigenvalue weighted by molar-refractivity contribution is -0.114. The first-order chi connectivity index (χ1) is 17.1. The van der Waals surface area contributed by atoms with Crippen LogP contribution in [-0.2, 0) is 24.7 Å². The van der Waals surface area contributed by atoms with Gasteiger partial charge in [0.2, 0.25) is 0 Å². The monoisotopic (exact) mass is 463 g/mol. The summed E-state index contributed by atoms with van der Waals surface area (Å²) in [5.41, 5.74) is 6.18. The molecule has 4 aromatic rings. The number of aromatic nitrogens is 1. The van der Waals surface area contributed by atoms with Crippen LogP contribution >= 0.6 is 0 Å². The molecule has 0 saturated heterocycles.